The maximum atomic E-state index is 13.2. The molecule has 0 aliphatic carbocycles. The average Bonchev–Trinajstić information content (AvgIpc) is 3.28. The van der Waals surface area contributed by atoms with Crippen molar-refractivity contribution < 1.29 is 42.1 Å². The van der Waals surface area contributed by atoms with E-state index in [4.69, 9.17) is 14.5 Å². The van der Waals surface area contributed by atoms with E-state index in [1.54, 1.807) is 56.4 Å². The summed E-state index contributed by atoms with van der Waals surface area (Å²) in [5.74, 6) is -0.530. The van der Waals surface area contributed by atoms with Gasteiger partial charge in [-0.2, -0.15) is 0 Å². The molecule has 46 heavy (non-hydrogen) atoms. The Balaban J connectivity index is 1.53. The molecule has 0 spiro atoms. The van der Waals surface area contributed by atoms with Gasteiger partial charge < -0.3 is 24.2 Å². The molecule has 1 fully saturated rings. The number of hydrogen-bond donors (Lipinski definition) is 1. The van der Waals surface area contributed by atoms with Crippen molar-refractivity contribution in [1.29, 1.82) is 0 Å². The van der Waals surface area contributed by atoms with Crippen molar-refractivity contribution in [2.45, 2.75) is 38.9 Å². The SMILES string of the molecule is COc1ccc(-c2ccc(C(=O)O)cc2C)cc1-c1cnc(N(C)C)nc1CN1C(=O)O[C@H](c2cccc(OC(F)(F)F)c2)[C@@H]1C. The van der Waals surface area contributed by atoms with E-state index in [2.05, 4.69) is 9.72 Å². The fraction of sp³-hybridized carbons (Fsp3) is 0.273. The number of rotatable bonds is 9. The molecule has 0 unspecified atom stereocenters. The second-order valence-corrected chi connectivity index (χ2v) is 11.0. The lowest BCUT2D eigenvalue weighted by Crippen LogP contribution is -2.32. The summed E-state index contributed by atoms with van der Waals surface area (Å²) in [7, 11) is 5.09. The van der Waals surface area contributed by atoms with Crippen LogP contribution < -0.4 is 14.4 Å². The quantitative estimate of drug-likeness (QED) is 0.210. The molecule has 2 atom stereocenters. The Kier molecular flexibility index (Phi) is 8.77. The molecule has 4 aromatic rings. The third-order valence-corrected chi connectivity index (χ3v) is 7.66. The lowest BCUT2D eigenvalue weighted by Gasteiger charge is -2.23. The van der Waals surface area contributed by atoms with Gasteiger partial charge in [0, 0.05) is 31.4 Å². The summed E-state index contributed by atoms with van der Waals surface area (Å²) in [6.07, 6.45) is -4.75. The number of aryl methyl sites for hydroxylation is 1. The van der Waals surface area contributed by atoms with Crippen molar-refractivity contribution in [3.8, 4) is 33.8 Å². The fourth-order valence-corrected chi connectivity index (χ4v) is 5.38. The van der Waals surface area contributed by atoms with Crippen LogP contribution in [0.3, 0.4) is 0 Å². The first-order chi connectivity index (χ1) is 21.8. The van der Waals surface area contributed by atoms with Crippen LogP contribution in [0, 0.1) is 6.92 Å². The molecule has 3 aromatic carbocycles. The van der Waals surface area contributed by atoms with Crippen molar-refractivity contribution in [2.75, 3.05) is 26.1 Å². The summed E-state index contributed by atoms with van der Waals surface area (Å²) in [6.45, 7) is 3.56. The molecule has 0 saturated carbocycles. The zero-order valence-electron chi connectivity index (χ0n) is 25.6. The monoisotopic (exact) mass is 636 g/mol. The topological polar surface area (TPSA) is 114 Å². The number of amides is 1. The number of anilines is 1. The van der Waals surface area contributed by atoms with Gasteiger partial charge in [-0.3, -0.25) is 4.90 Å². The third kappa shape index (κ3) is 6.67. The van der Waals surface area contributed by atoms with E-state index < -0.39 is 36.3 Å². The van der Waals surface area contributed by atoms with Gasteiger partial charge >= 0.3 is 18.4 Å². The van der Waals surface area contributed by atoms with Crippen LogP contribution in [0.2, 0.25) is 0 Å². The van der Waals surface area contributed by atoms with Crippen LogP contribution in [0.15, 0.2) is 66.9 Å². The van der Waals surface area contributed by atoms with Gasteiger partial charge in [0.25, 0.3) is 0 Å². The summed E-state index contributed by atoms with van der Waals surface area (Å²) < 4.78 is 53.9. The highest BCUT2D eigenvalue weighted by atomic mass is 19.4. The molecule has 1 aromatic heterocycles. The van der Waals surface area contributed by atoms with Crippen molar-refractivity contribution in [3.63, 3.8) is 0 Å². The molecule has 240 valence electrons. The molecule has 10 nitrogen and oxygen atoms in total. The Hall–Kier alpha value is -5.33. The van der Waals surface area contributed by atoms with E-state index >= 15 is 0 Å². The highest BCUT2D eigenvalue weighted by molar-refractivity contribution is 5.89. The Labute approximate surface area is 263 Å². The van der Waals surface area contributed by atoms with Gasteiger partial charge in [-0.25, -0.2) is 19.6 Å². The molecule has 1 N–H and O–H groups in total. The molecular weight excluding hydrogens is 605 g/mol. The number of aromatic nitrogens is 2. The largest absolute Gasteiger partial charge is 0.573 e. The number of carbonyl (C=O) groups is 2. The Morgan fingerprint density at radius 1 is 1.07 bits per heavy atom. The first-order valence-corrected chi connectivity index (χ1v) is 14.1. The van der Waals surface area contributed by atoms with Crippen LogP contribution in [-0.4, -0.2) is 65.6 Å². The average molecular weight is 637 g/mol. The number of hydrogen-bond acceptors (Lipinski definition) is 8. The second kappa shape index (κ2) is 12.6. The number of carboxylic acid groups (broad SMARTS) is 1. The number of benzene rings is 3. The maximum Gasteiger partial charge on any atom is 0.573 e. The van der Waals surface area contributed by atoms with Crippen molar-refractivity contribution in [2.24, 2.45) is 0 Å². The zero-order valence-corrected chi connectivity index (χ0v) is 25.6. The Bertz CT molecular complexity index is 1800. The molecule has 2 heterocycles. The normalized spacial score (nSPS) is 16.3. The predicted octanol–water partition coefficient (Wildman–Crippen LogP) is 6.87. The number of ether oxygens (including phenoxy) is 3. The van der Waals surface area contributed by atoms with E-state index in [1.807, 2.05) is 19.1 Å². The lowest BCUT2D eigenvalue weighted by atomic mass is 9.94. The summed E-state index contributed by atoms with van der Waals surface area (Å²) in [4.78, 5) is 37.1. The molecular formula is C33H31F3N4O6. The molecule has 1 aliphatic heterocycles. The summed E-state index contributed by atoms with van der Waals surface area (Å²) in [5, 5.41) is 9.39. The van der Waals surface area contributed by atoms with Gasteiger partial charge in [-0.05, 0) is 72.5 Å². The number of carboxylic acids is 1. The number of halogens is 3. The first-order valence-electron chi connectivity index (χ1n) is 14.1. The van der Waals surface area contributed by atoms with Gasteiger partial charge in [-0.15, -0.1) is 13.2 Å². The summed E-state index contributed by atoms with van der Waals surface area (Å²) in [5.41, 5.74) is 4.59. The predicted molar refractivity (Wildman–Crippen MR) is 163 cm³/mol. The lowest BCUT2D eigenvalue weighted by molar-refractivity contribution is -0.274. The highest BCUT2D eigenvalue weighted by Crippen LogP contribution is 2.40. The van der Waals surface area contributed by atoms with Crippen molar-refractivity contribution in [3.05, 3.63) is 89.2 Å². The Morgan fingerprint density at radius 3 is 2.48 bits per heavy atom. The molecule has 1 saturated heterocycles. The van der Waals surface area contributed by atoms with Gasteiger partial charge in [0.15, 0.2) is 0 Å². The number of aromatic carboxylic acids is 1. The van der Waals surface area contributed by atoms with E-state index in [1.165, 1.54) is 36.3 Å². The molecule has 1 aliphatic rings. The van der Waals surface area contributed by atoms with E-state index in [9.17, 15) is 27.9 Å². The fourth-order valence-electron chi connectivity index (χ4n) is 5.38. The minimum Gasteiger partial charge on any atom is -0.496 e. The van der Waals surface area contributed by atoms with Gasteiger partial charge in [0.1, 0.15) is 17.6 Å². The van der Waals surface area contributed by atoms with Crippen LogP contribution in [0.1, 0.15) is 40.2 Å². The van der Waals surface area contributed by atoms with E-state index in [0.717, 1.165) is 16.7 Å². The third-order valence-electron chi connectivity index (χ3n) is 7.66. The number of nitrogens with zero attached hydrogens (tertiary/aromatic N) is 4. The summed E-state index contributed by atoms with van der Waals surface area (Å²) in [6, 6.07) is 15.2. The molecule has 13 heteroatoms. The van der Waals surface area contributed by atoms with Crippen LogP contribution in [0.5, 0.6) is 11.5 Å². The number of alkyl halides is 3. The molecule has 0 bridgehead atoms. The zero-order chi connectivity index (χ0) is 33.3. The van der Waals surface area contributed by atoms with Crippen LogP contribution in [-0.2, 0) is 11.3 Å². The van der Waals surface area contributed by atoms with Gasteiger partial charge in [0.05, 0.1) is 31.0 Å². The van der Waals surface area contributed by atoms with Crippen LogP contribution in [0.4, 0.5) is 23.9 Å². The van der Waals surface area contributed by atoms with Crippen molar-refractivity contribution >= 4 is 18.0 Å². The smallest absolute Gasteiger partial charge is 0.496 e. The minimum atomic E-state index is -4.87. The van der Waals surface area contributed by atoms with Gasteiger partial charge in [0.2, 0.25) is 5.95 Å². The van der Waals surface area contributed by atoms with Crippen LogP contribution in [0.25, 0.3) is 22.3 Å². The van der Waals surface area contributed by atoms with Gasteiger partial charge in [-0.1, -0.05) is 24.3 Å². The highest BCUT2D eigenvalue weighted by Gasteiger charge is 2.41. The second-order valence-electron chi connectivity index (χ2n) is 11.0. The number of cyclic esters (lactones) is 1. The van der Waals surface area contributed by atoms with E-state index in [0.29, 0.717) is 34.1 Å². The molecule has 1 amide bonds. The Morgan fingerprint density at radius 2 is 1.83 bits per heavy atom. The maximum absolute atomic E-state index is 13.2. The standard InChI is InChI=1S/C33H31F3N4O6/c1-18-13-22(30(41)42)9-11-24(18)20-10-12-28(44-5)25(15-20)26-16-37-31(39(3)4)38-27(26)17-40-19(2)29(45-32(40)43)21-7-6-8-23(14-21)46-33(34,35)36/h6-16,19,29H,17H2,1-5H3,(H,41,42)/t19-,29-/m0/s1. The van der Waals surface area contributed by atoms with Crippen molar-refractivity contribution in [1.82, 2.24) is 14.9 Å². The van der Waals surface area contributed by atoms with E-state index in [-0.39, 0.29) is 12.1 Å². The molecule has 5 rings (SSSR count). The summed E-state index contributed by atoms with van der Waals surface area (Å²) >= 11 is 0. The number of methoxy groups -OCH3 is 1. The van der Waals surface area contributed by atoms with Crippen LogP contribution >= 0.6 is 0 Å². The first kappa shape index (κ1) is 32.1. The molecule has 0 radical (unpaired) electrons. The number of carbonyl (C=O) groups excluding carboxylic acids is 1. The minimum absolute atomic E-state index is 0.00630.